The Hall–Kier alpha value is -5.86. The topological polar surface area (TPSA) is 8.82 Å². The fraction of sp³-hybridized carbons (Fsp3) is 0. The summed E-state index contributed by atoms with van der Waals surface area (Å²) in [6, 6.07) is 53.9. The van der Waals surface area contributed by atoms with Crippen molar-refractivity contribution in [3.8, 4) is 22.3 Å². The Kier molecular flexibility index (Phi) is 4.10. The van der Waals surface area contributed by atoms with E-state index in [1.54, 1.807) is 0 Å². The molecule has 0 saturated heterocycles. The van der Waals surface area contributed by atoms with Crippen LogP contribution in [0.15, 0.2) is 146 Å². The minimum absolute atomic E-state index is 1.24. The predicted octanol–water partition coefficient (Wildman–Crippen LogP) is 11.3. The zero-order chi connectivity index (χ0) is 28.5. The van der Waals surface area contributed by atoms with Crippen molar-refractivity contribution >= 4 is 76.2 Å². The number of para-hydroxylation sites is 3. The second kappa shape index (κ2) is 7.94. The zero-order valence-electron chi connectivity index (χ0n) is 23.8. The first-order chi connectivity index (χ1) is 21.8. The van der Waals surface area contributed by atoms with Gasteiger partial charge >= 0.3 is 0 Å². The average molecular weight is 557 g/mol. The highest BCUT2D eigenvalue weighted by atomic mass is 14.9. The summed E-state index contributed by atoms with van der Waals surface area (Å²) in [7, 11) is 0. The van der Waals surface area contributed by atoms with Crippen molar-refractivity contribution in [3.05, 3.63) is 146 Å². The van der Waals surface area contributed by atoms with Gasteiger partial charge in [0.15, 0.2) is 0 Å². The smallest absolute Gasteiger partial charge is 0.0626 e. The molecule has 2 nitrogen and oxygen atoms in total. The summed E-state index contributed by atoms with van der Waals surface area (Å²) in [4.78, 5) is 0. The summed E-state index contributed by atoms with van der Waals surface area (Å²) >= 11 is 0. The lowest BCUT2D eigenvalue weighted by atomic mass is 9.95. The first-order valence-corrected chi connectivity index (χ1v) is 15.3. The van der Waals surface area contributed by atoms with Gasteiger partial charge in [-0.25, -0.2) is 0 Å². The Bertz CT molecular complexity index is 2920. The highest BCUT2D eigenvalue weighted by molar-refractivity contribution is 6.28. The quantitative estimate of drug-likeness (QED) is 0.200. The molecule has 202 valence electrons. The molecule has 0 atom stereocenters. The molecule has 0 aliphatic carbocycles. The third-order valence-corrected chi connectivity index (χ3v) is 9.98. The number of fused-ring (bicyclic) bond motifs is 12. The molecule has 4 aromatic heterocycles. The molecule has 0 radical (unpaired) electrons. The largest absolute Gasteiger partial charge is 0.308 e. The first kappa shape index (κ1) is 22.7. The standard InChI is InChI=1S/C42H24N2/c1-2-9-25(10-3-1)26-17-21-39-35(23-26)40-28(19-20-33-30-12-5-7-16-37(30)44(39)42(33)40)27-18-22-38-34(24-27)32-14-8-13-31-29-11-4-6-15-36(29)43(38)41(31)32/h1-24H. The van der Waals surface area contributed by atoms with Gasteiger partial charge in [0.1, 0.15) is 0 Å². The molecular formula is C42H24N2. The molecule has 11 aromatic rings. The summed E-state index contributed by atoms with van der Waals surface area (Å²) in [5, 5.41) is 10.5. The molecule has 0 spiro atoms. The van der Waals surface area contributed by atoms with Crippen molar-refractivity contribution in [2.75, 3.05) is 0 Å². The fourth-order valence-electron chi connectivity index (χ4n) is 8.16. The second-order valence-corrected chi connectivity index (χ2v) is 12.1. The van der Waals surface area contributed by atoms with Crippen molar-refractivity contribution < 1.29 is 0 Å². The lowest BCUT2D eigenvalue weighted by Gasteiger charge is -2.08. The third kappa shape index (κ3) is 2.68. The van der Waals surface area contributed by atoms with E-state index in [2.05, 4.69) is 154 Å². The number of hydrogen-bond acceptors (Lipinski definition) is 0. The minimum atomic E-state index is 1.24. The second-order valence-electron chi connectivity index (χ2n) is 12.1. The molecular weight excluding hydrogens is 532 g/mol. The van der Waals surface area contributed by atoms with Crippen LogP contribution in [0.25, 0.3) is 98.4 Å². The van der Waals surface area contributed by atoms with Crippen LogP contribution in [0.4, 0.5) is 0 Å². The molecule has 0 aliphatic rings. The molecule has 0 unspecified atom stereocenters. The molecule has 0 fully saturated rings. The molecule has 7 aromatic carbocycles. The Morgan fingerprint density at radius 2 is 0.841 bits per heavy atom. The van der Waals surface area contributed by atoms with Crippen LogP contribution in [0.1, 0.15) is 0 Å². The van der Waals surface area contributed by atoms with Crippen molar-refractivity contribution in [2.45, 2.75) is 0 Å². The van der Waals surface area contributed by atoms with Crippen molar-refractivity contribution in [2.24, 2.45) is 0 Å². The van der Waals surface area contributed by atoms with Crippen molar-refractivity contribution in [1.82, 2.24) is 8.80 Å². The predicted molar refractivity (Wildman–Crippen MR) is 187 cm³/mol. The van der Waals surface area contributed by atoms with Crippen LogP contribution in [0.2, 0.25) is 0 Å². The van der Waals surface area contributed by atoms with Gasteiger partial charge in [-0.15, -0.1) is 0 Å². The van der Waals surface area contributed by atoms with Gasteiger partial charge in [0.2, 0.25) is 0 Å². The summed E-state index contributed by atoms with van der Waals surface area (Å²) in [6.07, 6.45) is 0. The van der Waals surface area contributed by atoms with Gasteiger partial charge in [0.05, 0.1) is 33.1 Å². The molecule has 4 heterocycles. The average Bonchev–Trinajstić information content (AvgIpc) is 3.81. The van der Waals surface area contributed by atoms with Crippen LogP contribution in [0, 0.1) is 0 Å². The van der Waals surface area contributed by atoms with Gasteiger partial charge in [-0.05, 0) is 58.7 Å². The van der Waals surface area contributed by atoms with E-state index in [-0.39, 0.29) is 0 Å². The van der Waals surface area contributed by atoms with E-state index in [1.807, 2.05) is 0 Å². The molecule has 0 amide bonds. The fourth-order valence-corrected chi connectivity index (χ4v) is 8.16. The molecule has 0 N–H and O–H groups in total. The van der Waals surface area contributed by atoms with Crippen LogP contribution >= 0.6 is 0 Å². The van der Waals surface area contributed by atoms with E-state index in [9.17, 15) is 0 Å². The van der Waals surface area contributed by atoms with Gasteiger partial charge in [0.25, 0.3) is 0 Å². The monoisotopic (exact) mass is 556 g/mol. The minimum Gasteiger partial charge on any atom is -0.308 e. The van der Waals surface area contributed by atoms with E-state index < -0.39 is 0 Å². The molecule has 44 heavy (non-hydrogen) atoms. The lowest BCUT2D eigenvalue weighted by Crippen LogP contribution is -1.84. The number of hydrogen-bond donors (Lipinski definition) is 0. The molecule has 0 saturated carbocycles. The van der Waals surface area contributed by atoms with Crippen LogP contribution in [-0.2, 0) is 0 Å². The van der Waals surface area contributed by atoms with E-state index in [0.717, 1.165) is 0 Å². The summed E-state index contributed by atoms with van der Waals surface area (Å²) in [5.41, 5.74) is 12.7. The van der Waals surface area contributed by atoms with Crippen LogP contribution in [0.5, 0.6) is 0 Å². The number of benzene rings is 7. The zero-order valence-corrected chi connectivity index (χ0v) is 23.8. The van der Waals surface area contributed by atoms with Gasteiger partial charge in [-0.3, -0.25) is 0 Å². The van der Waals surface area contributed by atoms with Gasteiger partial charge in [-0.2, -0.15) is 0 Å². The normalized spacial score (nSPS) is 12.5. The first-order valence-electron chi connectivity index (χ1n) is 15.3. The third-order valence-electron chi connectivity index (χ3n) is 9.98. The molecule has 0 bridgehead atoms. The van der Waals surface area contributed by atoms with Crippen molar-refractivity contribution in [1.29, 1.82) is 0 Å². The van der Waals surface area contributed by atoms with E-state index in [1.165, 1.54) is 98.4 Å². The van der Waals surface area contributed by atoms with Gasteiger partial charge in [0, 0.05) is 43.1 Å². The van der Waals surface area contributed by atoms with E-state index >= 15 is 0 Å². The van der Waals surface area contributed by atoms with Gasteiger partial charge in [-0.1, -0.05) is 109 Å². The molecule has 2 heteroatoms. The van der Waals surface area contributed by atoms with Crippen LogP contribution < -0.4 is 0 Å². The van der Waals surface area contributed by atoms with E-state index in [4.69, 9.17) is 0 Å². The highest BCUT2D eigenvalue weighted by Gasteiger charge is 2.22. The van der Waals surface area contributed by atoms with E-state index in [0.29, 0.717) is 0 Å². The number of aromatic nitrogens is 2. The lowest BCUT2D eigenvalue weighted by molar-refractivity contribution is 1.37. The maximum atomic E-state index is 2.49. The summed E-state index contributed by atoms with van der Waals surface area (Å²) < 4.78 is 4.94. The molecule has 11 rings (SSSR count). The number of nitrogens with zero attached hydrogens (tertiary/aromatic N) is 2. The van der Waals surface area contributed by atoms with Crippen LogP contribution in [0.3, 0.4) is 0 Å². The summed E-state index contributed by atoms with van der Waals surface area (Å²) in [6.45, 7) is 0. The Morgan fingerprint density at radius 3 is 1.61 bits per heavy atom. The SMILES string of the molecule is c1ccc(-c2ccc3c(c2)c2c(-c4ccc5c(c4)c4cccc6c7ccccc7n5c64)ccc4c5ccccc5n3c42)cc1. The van der Waals surface area contributed by atoms with Crippen molar-refractivity contribution in [3.63, 3.8) is 0 Å². The van der Waals surface area contributed by atoms with Gasteiger partial charge < -0.3 is 8.80 Å². The summed E-state index contributed by atoms with van der Waals surface area (Å²) in [5.74, 6) is 0. The Labute approximate surface area is 252 Å². The number of rotatable bonds is 2. The Balaban J connectivity index is 1.27. The maximum absolute atomic E-state index is 2.49. The van der Waals surface area contributed by atoms with Crippen LogP contribution in [-0.4, -0.2) is 8.80 Å². The maximum Gasteiger partial charge on any atom is 0.0626 e. The highest BCUT2D eigenvalue weighted by Crippen LogP contribution is 2.46. The molecule has 0 aliphatic heterocycles. The Morgan fingerprint density at radius 1 is 0.295 bits per heavy atom.